The van der Waals surface area contributed by atoms with Gasteiger partial charge < -0.3 is 24.1 Å². The Morgan fingerprint density at radius 1 is 1.02 bits per heavy atom. The highest BCUT2D eigenvalue weighted by Crippen LogP contribution is 2.60. The van der Waals surface area contributed by atoms with Gasteiger partial charge in [0.1, 0.15) is 12.2 Å². The zero-order valence-electron chi connectivity index (χ0n) is 26.8. The van der Waals surface area contributed by atoms with Crippen molar-refractivity contribution in [1.29, 1.82) is 0 Å². The van der Waals surface area contributed by atoms with Gasteiger partial charge in [-0.15, -0.1) is 0 Å². The lowest BCUT2D eigenvalue weighted by molar-refractivity contribution is -0.528. The topological polar surface area (TPSA) is 117 Å². The monoisotopic (exact) mass is 647 g/mol. The Balaban J connectivity index is 1.22. The van der Waals surface area contributed by atoms with Crippen molar-refractivity contribution in [1.82, 2.24) is 0 Å². The molecule has 256 valence electrons. The van der Waals surface area contributed by atoms with E-state index in [1.807, 2.05) is 13.8 Å². The zero-order chi connectivity index (χ0) is 32.3. The van der Waals surface area contributed by atoms with Crippen LogP contribution in [0.3, 0.4) is 0 Å². The number of aliphatic hydroxyl groups is 1. The van der Waals surface area contributed by atoms with Crippen LogP contribution in [0.25, 0.3) is 0 Å². The molecule has 0 aromatic heterocycles. The Hall–Kier alpha value is -1.48. The molecule has 13 atom stereocenters. The van der Waals surface area contributed by atoms with Gasteiger partial charge in [0, 0.05) is 42.6 Å². The zero-order valence-corrected chi connectivity index (χ0v) is 26.8. The maximum atomic E-state index is 14.4. The third-order valence-electron chi connectivity index (χ3n) is 12.0. The molecule has 4 saturated heterocycles. The van der Waals surface area contributed by atoms with E-state index >= 15 is 0 Å². The largest absolute Gasteiger partial charge is 0.477 e. The maximum absolute atomic E-state index is 14.4. The normalized spacial score (nSPS) is 45.0. The predicted molar refractivity (Wildman–Crippen MR) is 153 cm³/mol. The van der Waals surface area contributed by atoms with Gasteiger partial charge in [0.2, 0.25) is 12.0 Å². The summed E-state index contributed by atoms with van der Waals surface area (Å²) in [6.07, 6.45) is -2.42. The molecule has 6 fully saturated rings. The van der Waals surface area contributed by atoms with Gasteiger partial charge in [-0.05, 0) is 69.6 Å². The van der Waals surface area contributed by atoms with Crippen LogP contribution < -0.4 is 0 Å². The maximum Gasteiger partial charge on any atom is 0.449 e. The van der Waals surface area contributed by atoms with Gasteiger partial charge in [0.15, 0.2) is 24.0 Å². The van der Waals surface area contributed by atoms with Crippen molar-refractivity contribution >= 4 is 5.90 Å². The lowest BCUT2D eigenvalue weighted by Gasteiger charge is -2.56. The first-order valence-electron chi connectivity index (χ1n) is 16.6. The molecule has 0 aromatic carbocycles. The molecule has 45 heavy (non-hydrogen) atoms. The Labute approximate surface area is 262 Å². The second kappa shape index (κ2) is 12.5. The van der Waals surface area contributed by atoms with Gasteiger partial charge in [-0.2, -0.15) is 13.2 Å². The van der Waals surface area contributed by atoms with E-state index in [1.54, 1.807) is 0 Å². The van der Waals surface area contributed by atoms with Gasteiger partial charge in [-0.3, -0.25) is 5.26 Å². The molecular formula is C32H48F3NO9. The predicted octanol–water partition coefficient (Wildman–Crippen LogP) is 6.14. The van der Waals surface area contributed by atoms with E-state index in [2.05, 4.69) is 18.8 Å². The summed E-state index contributed by atoms with van der Waals surface area (Å²) in [6.45, 7) is 9.35. The highest BCUT2D eigenvalue weighted by molar-refractivity contribution is 5.73. The fraction of sp³-hybridized carbons (Fsp3) is 0.906. The van der Waals surface area contributed by atoms with E-state index in [9.17, 15) is 23.5 Å². The second-order valence-corrected chi connectivity index (χ2v) is 14.4. The lowest BCUT2D eigenvalue weighted by Crippen LogP contribution is -2.66. The first-order valence-corrected chi connectivity index (χ1v) is 16.6. The van der Waals surface area contributed by atoms with Crippen molar-refractivity contribution < 1.29 is 57.1 Å². The quantitative estimate of drug-likeness (QED) is 0.152. The summed E-state index contributed by atoms with van der Waals surface area (Å²) in [6, 6.07) is 0. The smallest absolute Gasteiger partial charge is 0.449 e. The third-order valence-corrected chi connectivity index (χ3v) is 12.0. The molecular weight excluding hydrogens is 599 g/mol. The molecule has 13 heteroatoms. The second-order valence-electron chi connectivity index (χ2n) is 14.4. The van der Waals surface area contributed by atoms with Crippen LogP contribution in [0.1, 0.15) is 86.0 Å². The number of hydrogen-bond acceptors (Lipinski definition) is 10. The van der Waals surface area contributed by atoms with Crippen LogP contribution in [0.15, 0.2) is 16.3 Å². The number of nitrogens with zero attached hydrogens (tertiary/aromatic N) is 1. The third kappa shape index (κ3) is 5.72. The Bertz CT molecular complexity index is 1150. The van der Waals surface area contributed by atoms with Crippen LogP contribution >= 0.6 is 0 Å². The van der Waals surface area contributed by atoms with Gasteiger partial charge in [0.05, 0.1) is 12.7 Å². The van der Waals surface area contributed by atoms with Crippen LogP contribution in [-0.2, 0) is 33.6 Å². The summed E-state index contributed by atoms with van der Waals surface area (Å²) in [5, 5.41) is 21.6. The number of halogens is 3. The number of aliphatic imine (C=N–C) groups is 1. The van der Waals surface area contributed by atoms with Crippen LogP contribution in [0, 0.1) is 41.4 Å². The summed E-state index contributed by atoms with van der Waals surface area (Å²) >= 11 is 0. The van der Waals surface area contributed by atoms with Crippen molar-refractivity contribution in [2.75, 3.05) is 13.2 Å². The fourth-order valence-electron chi connectivity index (χ4n) is 9.48. The minimum Gasteiger partial charge on any atom is -0.477 e. The van der Waals surface area contributed by atoms with Crippen LogP contribution in [0.4, 0.5) is 13.2 Å². The number of hydrogen-bond donors (Lipinski definition) is 2. The molecule has 13 unspecified atom stereocenters. The molecule has 2 saturated carbocycles. The highest BCUT2D eigenvalue weighted by atomic mass is 19.4. The van der Waals surface area contributed by atoms with Crippen LogP contribution in [0.2, 0.25) is 0 Å². The van der Waals surface area contributed by atoms with Crippen LogP contribution in [0.5, 0.6) is 0 Å². The SMILES string of the molecule is CC(=NC(O)C(C)C1CCC(C)C2CCC(C)OCC21OO)OCC1=C(C(F)(F)F)OC2OC3CCC4C(C)CCC1C24OO3. The highest BCUT2D eigenvalue weighted by Gasteiger charge is 2.68. The van der Waals surface area contributed by atoms with Gasteiger partial charge in [-0.25, -0.2) is 19.7 Å². The summed E-state index contributed by atoms with van der Waals surface area (Å²) in [7, 11) is 0. The number of ether oxygens (including phenoxy) is 4. The van der Waals surface area contributed by atoms with Gasteiger partial charge in [0.25, 0.3) is 0 Å². The number of aliphatic hydroxyl groups excluding tert-OH is 1. The minimum absolute atomic E-state index is 0.0260. The van der Waals surface area contributed by atoms with E-state index in [0.717, 1.165) is 19.3 Å². The van der Waals surface area contributed by atoms with Crippen molar-refractivity contribution in [2.45, 2.75) is 128 Å². The Morgan fingerprint density at radius 2 is 1.73 bits per heavy atom. The van der Waals surface area contributed by atoms with Gasteiger partial charge in [-0.1, -0.05) is 20.8 Å². The molecule has 2 bridgehead atoms. The molecule has 2 aliphatic carbocycles. The first kappa shape index (κ1) is 33.4. The minimum atomic E-state index is -4.78. The fourth-order valence-corrected chi connectivity index (χ4v) is 9.48. The summed E-state index contributed by atoms with van der Waals surface area (Å²) in [5.41, 5.74) is -2.28. The Morgan fingerprint density at radius 3 is 2.47 bits per heavy atom. The number of fused-ring (bicyclic) bond motifs is 3. The summed E-state index contributed by atoms with van der Waals surface area (Å²) in [5.74, 6) is -2.11. The van der Waals surface area contributed by atoms with Gasteiger partial charge >= 0.3 is 6.18 Å². The average molecular weight is 648 g/mol. The molecule has 7 aliphatic rings. The summed E-state index contributed by atoms with van der Waals surface area (Å²) < 4.78 is 66.7. The molecule has 10 nitrogen and oxygen atoms in total. The number of allylic oxidation sites excluding steroid dienone is 1. The van der Waals surface area contributed by atoms with E-state index in [1.165, 1.54) is 6.92 Å². The van der Waals surface area contributed by atoms with Crippen LogP contribution in [-0.4, -0.2) is 71.8 Å². The van der Waals surface area contributed by atoms with E-state index in [4.69, 9.17) is 33.6 Å². The standard InChI is InChI=1S/C32H48F3NO9/c1-16-6-9-24(30(44-38)15-40-18(3)8-11-22(16)30)19(4)28(37)36-20(5)39-14-21-25-10-7-17(2)23-12-13-26-41-29(31(23,25)45-43-26)42-27(21)32(33,34)35/h16-19,22-26,28-29,37-38H,6-15H2,1-5H3. The van der Waals surface area contributed by atoms with Crippen molar-refractivity contribution in [3.8, 4) is 0 Å². The van der Waals surface area contributed by atoms with E-state index in [0.29, 0.717) is 38.0 Å². The molecule has 5 aliphatic heterocycles. The average Bonchev–Trinajstić information content (AvgIpc) is 3.38. The molecule has 5 heterocycles. The van der Waals surface area contributed by atoms with Crippen molar-refractivity contribution in [2.24, 2.45) is 46.4 Å². The molecule has 0 aromatic rings. The summed E-state index contributed by atoms with van der Waals surface area (Å²) in [4.78, 5) is 21.1. The van der Waals surface area contributed by atoms with Crippen molar-refractivity contribution in [3.05, 3.63) is 11.3 Å². The molecule has 2 N–H and O–H groups in total. The van der Waals surface area contributed by atoms with E-state index < -0.39 is 60.4 Å². The van der Waals surface area contributed by atoms with E-state index in [-0.39, 0.29) is 47.9 Å². The lowest BCUT2D eigenvalue weighted by atomic mass is 9.59. The number of alkyl halides is 3. The first-order chi connectivity index (χ1) is 21.3. The Kier molecular flexibility index (Phi) is 9.30. The molecule has 1 spiro atoms. The molecule has 0 radical (unpaired) electrons. The van der Waals surface area contributed by atoms with Crippen molar-refractivity contribution in [3.63, 3.8) is 0 Å². The molecule has 0 amide bonds. The number of rotatable bonds is 6. The molecule has 7 rings (SSSR count).